The molecule has 0 saturated carbocycles. The molecule has 1 amide bonds. The molecule has 0 spiro atoms. The number of unbranched alkanes of at least 4 members (excludes halogenated alkanes) is 1. The molecule has 0 aromatic heterocycles. The van der Waals surface area contributed by atoms with Crippen LogP contribution >= 0.6 is 11.8 Å². The van der Waals surface area contributed by atoms with Gasteiger partial charge in [-0.3, -0.25) is 20.1 Å². The van der Waals surface area contributed by atoms with E-state index in [-0.39, 0.29) is 5.91 Å². The standard InChI is InChI=1S/C21H27N3O3S/c1-16-14-18(27-4)9-10-19(16)24(15-22)21(25)20(28-5)8-6-7-12-23-13-11-17(2)26-3/h8-15,22H,2,6-7H2,1,3-5H3/b13-11-,20-8-,22-15?,23-12?. The van der Waals surface area contributed by atoms with E-state index in [9.17, 15) is 4.79 Å². The molecule has 0 unspecified atom stereocenters. The van der Waals surface area contributed by atoms with Crippen LogP contribution in [0.4, 0.5) is 5.69 Å². The first kappa shape index (κ1) is 23.2. The third-order valence-electron chi connectivity index (χ3n) is 3.78. The zero-order valence-electron chi connectivity index (χ0n) is 16.8. The Morgan fingerprint density at radius 1 is 1.36 bits per heavy atom. The maximum absolute atomic E-state index is 12.9. The minimum absolute atomic E-state index is 0.232. The van der Waals surface area contributed by atoms with Crippen molar-refractivity contribution < 1.29 is 14.3 Å². The van der Waals surface area contributed by atoms with Crippen LogP contribution in [0, 0.1) is 12.3 Å². The summed E-state index contributed by atoms with van der Waals surface area (Å²) >= 11 is 1.36. The fraction of sp³-hybridized carbons (Fsp3) is 0.286. The van der Waals surface area contributed by atoms with Gasteiger partial charge in [0.1, 0.15) is 11.5 Å². The summed E-state index contributed by atoms with van der Waals surface area (Å²) in [6.07, 6.45) is 11.1. The van der Waals surface area contributed by atoms with E-state index in [1.54, 1.807) is 44.8 Å². The number of ether oxygens (including phenoxy) is 2. The molecule has 7 heteroatoms. The van der Waals surface area contributed by atoms with Crippen molar-refractivity contribution in [1.29, 1.82) is 5.41 Å². The average Bonchev–Trinajstić information content (AvgIpc) is 2.71. The first-order chi connectivity index (χ1) is 13.5. The number of aryl methyl sites for hydroxylation is 1. The van der Waals surface area contributed by atoms with Crippen molar-refractivity contribution in [2.24, 2.45) is 4.99 Å². The fourth-order valence-electron chi connectivity index (χ4n) is 2.26. The quantitative estimate of drug-likeness (QED) is 0.145. The Bertz CT molecular complexity index is 785. The van der Waals surface area contributed by atoms with E-state index in [1.807, 2.05) is 25.3 Å². The summed E-state index contributed by atoms with van der Waals surface area (Å²) in [6, 6.07) is 5.39. The van der Waals surface area contributed by atoms with Crippen LogP contribution in [0.2, 0.25) is 0 Å². The highest BCUT2D eigenvalue weighted by Crippen LogP contribution is 2.27. The minimum atomic E-state index is -0.232. The van der Waals surface area contributed by atoms with Crippen LogP contribution < -0.4 is 9.64 Å². The van der Waals surface area contributed by atoms with Crippen molar-refractivity contribution in [3.63, 3.8) is 0 Å². The van der Waals surface area contributed by atoms with Gasteiger partial charge in [-0.15, -0.1) is 11.8 Å². The fourth-order valence-corrected chi connectivity index (χ4v) is 2.82. The summed E-state index contributed by atoms with van der Waals surface area (Å²) in [6.45, 7) is 5.54. The largest absolute Gasteiger partial charge is 0.497 e. The number of aliphatic imine (C=N–C) groups is 1. The molecule has 0 heterocycles. The molecule has 28 heavy (non-hydrogen) atoms. The third-order valence-corrected chi connectivity index (χ3v) is 4.56. The number of nitrogens with zero attached hydrogens (tertiary/aromatic N) is 2. The molecule has 0 atom stereocenters. The number of hydrogen-bond donors (Lipinski definition) is 1. The maximum atomic E-state index is 12.9. The van der Waals surface area contributed by atoms with E-state index in [0.29, 0.717) is 34.9 Å². The predicted octanol–water partition coefficient (Wildman–Crippen LogP) is 4.72. The third kappa shape index (κ3) is 7.08. The number of thioether (sulfide) groups is 1. The number of allylic oxidation sites excluding steroid dienone is 2. The first-order valence-electron chi connectivity index (χ1n) is 8.62. The molecule has 0 aliphatic carbocycles. The Morgan fingerprint density at radius 2 is 2.11 bits per heavy atom. The molecule has 0 fully saturated rings. The van der Waals surface area contributed by atoms with Gasteiger partial charge >= 0.3 is 0 Å². The number of rotatable bonds is 11. The highest BCUT2D eigenvalue weighted by molar-refractivity contribution is 8.03. The second-order valence-electron chi connectivity index (χ2n) is 5.62. The first-order valence-corrected chi connectivity index (χ1v) is 9.85. The van der Waals surface area contributed by atoms with Crippen LogP contribution in [0.5, 0.6) is 5.75 Å². The highest BCUT2D eigenvalue weighted by atomic mass is 32.2. The molecule has 0 saturated heterocycles. The lowest BCUT2D eigenvalue weighted by Gasteiger charge is -2.20. The van der Waals surface area contributed by atoms with Gasteiger partial charge < -0.3 is 9.47 Å². The Morgan fingerprint density at radius 3 is 2.68 bits per heavy atom. The van der Waals surface area contributed by atoms with Gasteiger partial charge in [-0.25, -0.2) is 0 Å². The maximum Gasteiger partial charge on any atom is 0.269 e. The number of carbonyl (C=O) groups is 1. The topological polar surface area (TPSA) is 75.0 Å². The van der Waals surface area contributed by atoms with Gasteiger partial charge in [0.2, 0.25) is 0 Å². The Kier molecular flexibility index (Phi) is 10.4. The number of anilines is 1. The van der Waals surface area contributed by atoms with Crippen LogP contribution in [0.1, 0.15) is 18.4 Å². The number of benzene rings is 1. The summed E-state index contributed by atoms with van der Waals surface area (Å²) in [5.41, 5.74) is 1.51. The normalized spacial score (nSPS) is 11.6. The monoisotopic (exact) mass is 401 g/mol. The molecule has 6 nitrogen and oxygen atoms in total. The summed E-state index contributed by atoms with van der Waals surface area (Å²) in [4.78, 5) is 18.9. The van der Waals surface area contributed by atoms with Gasteiger partial charge in [0.25, 0.3) is 5.91 Å². The van der Waals surface area contributed by atoms with E-state index in [1.165, 1.54) is 16.7 Å². The van der Waals surface area contributed by atoms with Gasteiger partial charge in [-0.2, -0.15) is 0 Å². The van der Waals surface area contributed by atoms with Crippen molar-refractivity contribution in [2.45, 2.75) is 19.8 Å². The Hall–Kier alpha value is -2.80. The molecule has 0 radical (unpaired) electrons. The van der Waals surface area contributed by atoms with Gasteiger partial charge in [-0.1, -0.05) is 12.7 Å². The zero-order chi connectivity index (χ0) is 20.9. The van der Waals surface area contributed by atoms with Crippen molar-refractivity contribution in [3.05, 3.63) is 59.4 Å². The molecule has 0 bridgehead atoms. The molecule has 150 valence electrons. The molecule has 0 aliphatic heterocycles. The Balaban J connectivity index is 2.80. The van der Waals surface area contributed by atoms with Gasteiger partial charge in [0, 0.05) is 12.4 Å². The summed E-state index contributed by atoms with van der Waals surface area (Å²) in [5.74, 6) is 1.01. The van der Waals surface area contributed by atoms with E-state index >= 15 is 0 Å². The van der Waals surface area contributed by atoms with Gasteiger partial charge in [0.15, 0.2) is 0 Å². The number of amides is 1. The van der Waals surface area contributed by atoms with Crippen LogP contribution in [0.3, 0.4) is 0 Å². The van der Waals surface area contributed by atoms with E-state index in [4.69, 9.17) is 14.9 Å². The lowest BCUT2D eigenvalue weighted by molar-refractivity contribution is -0.113. The molecule has 0 aliphatic rings. The van der Waals surface area contributed by atoms with Gasteiger partial charge in [0.05, 0.1) is 31.2 Å². The second-order valence-corrected chi connectivity index (χ2v) is 6.47. The average molecular weight is 402 g/mol. The lowest BCUT2D eigenvalue weighted by Crippen LogP contribution is -2.30. The van der Waals surface area contributed by atoms with Crippen molar-refractivity contribution in [2.75, 3.05) is 25.4 Å². The SMILES string of the molecule is C=C(/C=C\N=CCC/C=C(\SC)C(=O)N(C=N)c1ccc(OC)cc1C)OC. The molecular weight excluding hydrogens is 374 g/mol. The lowest BCUT2D eigenvalue weighted by atomic mass is 10.1. The highest BCUT2D eigenvalue weighted by Gasteiger charge is 2.19. The van der Waals surface area contributed by atoms with Crippen molar-refractivity contribution >= 4 is 35.9 Å². The summed E-state index contributed by atoms with van der Waals surface area (Å²) in [7, 11) is 3.14. The predicted molar refractivity (Wildman–Crippen MR) is 119 cm³/mol. The number of methoxy groups -OCH3 is 2. The number of carbonyl (C=O) groups excluding carboxylic acids is 1. The smallest absolute Gasteiger partial charge is 0.269 e. The van der Waals surface area contributed by atoms with Gasteiger partial charge in [-0.05, 0) is 55.9 Å². The van der Waals surface area contributed by atoms with E-state index < -0.39 is 0 Å². The van der Waals surface area contributed by atoms with Crippen molar-refractivity contribution in [3.8, 4) is 5.75 Å². The van der Waals surface area contributed by atoms with Crippen LogP contribution in [-0.4, -0.2) is 38.9 Å². The number of hydrogen-bond acceptors (Lipinski definition) is 6. The molecule has 1 aromatic rings. The van der Waals surface area contributed by atoms with E-state index in [0.717, 1.165) is 11.9 Å². The second kappa shape index (κ2) is 12.6. The Labute approximate surface area is 171 Å². The van der Waals surface area contributed by atoms with Crippen LogP contribution in [-0.2, 0) is 9.53 Å². The molecule has 1 N–H and O–H groups in total. The molecular formula is C21H27N3O3S. The summed E-state index contributed by atoms with van der Waals surface area (Å²) < 4.78 is 10.1. The summed E-state index contributed by atoms with van der Waals surface area (Å²) in [5, 5.41) is 7.70. The van der Waals surface area contributed by atoms with Crippen LogP contribution in [0.15, 0.2) is 58.8 Å². The number of nitrogens with one attached hydrogen (secondary N) is 1. The van der Waals surface area contributed by atoms with Crippen LogP contribution in [0.25, 0.3) is 0 Å². The molecule has 1 rings (SSSR count). The van der Waals surface area contributed by atoms with Crippen molar-refractivity contribution in [1.82, 2.24) is 0 Å². The molecule has 1 aromatic carbocycles. The minimum Gasteiger partial charge on any atom is -0.497 e. The zero-order valence-corrected chi connectivity index (χ0v) is 17.6. The van der Waals surface area contributed by atoms with E-state index in [2.05, 4.69) is 11.6 Å².